The van der Waals surface area contributed by atoms with Crippen LogP contribution in [0, 0.1) is 0 Å². The molecule has 0 radical (unpaired) electrons. The fourth-order valence-electron chi connectivity index (χ4n) is 2.87. The smallest absolute Gasteiger partial charge is 0.143 e. The number of anilines is 1. The van der Waals surface area contributed by atoms with E-state index in [0.717, 1.165) is 16.4 Å². The van der Waals surface area contributed by atoms with Gasteiger partial charge in [-0.2, -0.15) is 0 Å². The first-order valence-electron chi connectivity index (χ1n) is 7.62. The fraction of sp³-hybridized carbons (Fsp3) is 0.533. The lowest BCUT2D eigenvalue weighted by molar-refractivity contribution is 0.471. The third-order valence-corrected chi connectivity index (χ3v) is 4.36. The predicted molar refractivity (Wildman–Crippen MR) is 83.9 cm³/mol. The van der Waals surface area contributed by atoms with E-state index in [1.54, 1.807) is 11.0 Å². The average Bonchev–Trinajstić information content (AvgIpc) is 2.98. The molecule has 1 aliphatic rings. The van der Waals surface area contributed by atoms with Gasteiger partial charge in [0.05, 0.1) is 16.4 Å². The first kappa shape index (κ1) is 14.3. The van der Waals surface area contributed by atoms with Crippen LogP contribution in [-0.4, -0.2) is 26.2 Å². The predicted octanol–water partition coefficient (Wildman–Crippen LogP) is 3.84. The molecule has 0 unspecified atom stereocenters. The lowest BCUT2D eigenvalue weighted by Crippen LogP contribution is -2.20. The molecule has 21 heavy (non-hydrogen) atoms. The summed E-state index contributed by atoms with van der Waals surface area (Å²) < 4.78 is 1.64. The molecule has 1 heterocycles. The van der Waals surface area contributed by atoms with Gasteiger partial charge in [-0.3, -0.25) is 0 Å². The molecule has 2 aromatic rings. The first-order valence-corrected chi connectivity index (χ1v) is 8.00. The zero-order valence-electron chi connectivity index (χ0n) is 12.0. The van der Waals surface area contributed by atoms with Crippen molar-refractivity contribution >= 4 is 17.3 Å². The number of halogens is 1. The minimum atomic E-state index is 0.506. The standard InChI is InChI=1S/C15H20ClN5/c16-14-9-8-13(21-11-17-19-20-21)10-15(14)18-12-6-4-2-1-3-5-7-12/h8-12,18H,1-7H2. The van der Waals surface area contributed by atoms with Gasteiger partial charge in [0.25, 0.3) is 0 Å². The molecule has 5 nitrogen and oxygen atoms in total. The van der Waals surface area contributed by atoms with Gasteiger partial charge in [0.1, 0.15) is 6.33 Å². The molecule has 1 fully saturated rings. The van der Waals surface area contributed by atoms with Crippen molar-refractivity contribution in [2.75, 3.05) is 5.32 Å². The molecule has 1 aromatic heterocycles. The Bertz CT molecular complexity index is 561. The van der Waals surface area contributed by atoms with Crippen LogP contribution in [0.2, 0.25) is 5.02 Å². The summed E-state index contributed by atoms with van der Waals surface area (Å²) in [5.41, 5.74) is 1.88. The summed E-state index contributed by atoms with van der Waals surface area (Å²) in [7, 11) is 0. The van der Waals surface area contributed by atoms with E-state index >= 15 is 0 Å². The van der Waals surface area contributed by atoms with E-state index in [4.69, 9.17) is 11.6 Å². The van der Waals surface area contributed by atoms with Crippen LogP contribution in [0.25, 0.3) is 5.69 Å². The van der Waals surface area contributed by atoms with Crippen LogP contribution < -0.4 is 5.32 Å². The maximum atomic E-state index is 6.33. The van der Waals surface area contributed by atoms with Crippen LogP contribution >= 0.6 is 11.6 Å². The number of tetrazole rings is 1. The Kier molecular flexibility index (Phi) is 4.70. The van der Waals surface area contributed by atoms with Crippen LogP contribution in [0.4, 0.5) is 5.69 Å². The second kappa shape index (κ2) is 6.89. The molecule has 0 amide bonds. The summed E-state index contributed by atoms with van der Waals surface area (Å²) in [6.45, 7) is 0. The van der Waals surface area contributed by atoms with Gasteiger partial charge < -0.3 is 5.32 Å². The summed E-state index contributed by atoms with van der Waals surface area (Å²) in [5, 5.41) is 15.6. The van der Waals surface area contributed by atoms with Gasteiger partial charge in [-0.15, -0.1) is 5.10 Å². The second-order valence-electron chi connectivity index (χ2n) is 5.60. The van der Waals surface area contributed by atoms with Crippen molar-refractivity contribution < 1.29 is 0 Å². The molecular weight excluding hydrogens is 286 g/mol. The van der Waals surface area contributed by atoms with Crippen LogP contribution in [0.1, 0.15) is 44.9 Å². The zero-order valence-corrected chi connectivity index (χ0v) is 12.8. The zero-order chi connectivity index (χ0) is 14.5. The Morgan fingerprint density at radius 1 is 1.10 bits per heavy atom. The van der Waals surface area contributed by atoms with Crippen molar-refractivity contribution in [1.29, 1.82) is 0 Å². The van der Waals surface area contributed by atoms with Gasteiger partial charge in [-0.1, -0.05) is 43.7 Å². The van der Waals surface area contributed by atoms with E-state index in [1.165, 1.54) is 44.9 Å². The Balaban J connectivity index is 1.75. The third-order valence-electron chi connectivity index (χ3n) is 4.03. The van der Waals surface area contributed by atoms with Gasteiger partial charge >= 0.3 is 0 Å². The summed E-state index contributed by atoms with van der Waals surface area (Å²) in [6.07, 6.45) is 10.7. The lowest BCUT2D eigenvalue weighted by atomic mass is 9.96. The number of nitrogens with zero attached hydrogens (tertiary/aromatic N) is 4. The molecule has 0 spiro atoms. The largest absolute Gasteiger partial charge is 0.381 e. The van der Waals surface area contributed by atoms with Gasteiger partial charge in [0.15, 0.2) is 0 Å². The highest BCUT2D eigenvalue weighted by Gasteiger charge is 2.13. The van der Waals surface area contributed by atoms with Crippen molar-refractivity contribution in [3.63, 3.8) is 0 Å². The first-order chi connectivity index (χ1) is 10.3. The van der Waals surface area contributed by atoms with Crippen LogP contribution in [0.3, 0.4) is 0 Å². The van der Waals surface area contributed by atoms with Crippen molar-refractivity contribution in [3.05, 3.63) is 29.5 Å². The normalized spacial score (nSPS) is 17.2. The molecule has 0 bridgehead atoms. The molecule has 3 rings (SSSR count). The van der Waals surface area contributed by atoms with Crippen molar-refractivity contribution in [1.82, 2.24) is 20.2 Å². The Hall–Kier alpha value is -1.62. The number of nitrogens with one attached hydrogen (secondary N) is 1. The highest BCUT2D eigenvalue weighted by molar-refractivity contribution is 6.33. The maximum absolute atomic E-state index is 6.33. The molecule has 1 N–H and O–H groups in total. The van der Waals surface area contributed by atoms with Crippen molar-refractivity contribution in [3.8, 4) is 5.69 Å². The summed E-state index contributed by atoms with van der Waals surface area (Å²) in [4.78, 5) is 0. The number of hydrogen-bond acceptors (Lipinski definition) is 4. The Morgan fingerprint density at radius 2 is 1.86 bits per heavy atom. The number of aromatic nitrogens is 4. The second-order valence-corrected chi connectivity index (χ2v) is 6.01. The van der Waals surface area contributed by atoms with E-state index in [1.807, 2.05) is 18.2 Å². The molecule has 0 aliphatic heterocycles. The van der Waals surface area contributed by atoms with E-state index < -0.39 is 0 Å². The maximum Gasteiger partial charge on any atom is 0.143 e. The molecule has 6 heteroatoms. The van der Waals surface area contributed by atoms with Gasteiger partial charge in [-0.05, 0) is 41.5 Å². The Morgan fingerprint density at radius 3 is 2.57 bits per heavy atom. The van der Waals surface area contributed by atoms with Gasteiger partial charge in [0, 0.05) is 6.04 Å². The van der Waals surface area contributed by atoms with Crippen molar-refractivity contribution in [2.45, 2.75) is 51.0 Å². The van der Waals surface area contributed by atoms with Crippen LogP contribution in [0.5, 0.6) is 0 Å². The topological polar surface area (TPSA) is 55.6 Å². The van der Waals surface area contributed by atoms with E-state index in [9.17, 15) is 0 Å². The molecule has 1 saturated carbocycles. The fourth-order valence-corrected chi connectivity index (χ4v) is 3.04. The third kappa shape index (κ3) is 3.73. The minimum Gasteiger partial charge on any atom is -0.381 e. The number of hydrogen-bond donors (Lipinski definition) is 1. The number of benzene rings is 1. The highest BCUT2D eigenvalue weighted by atomic mass is 35.5. The number of rotatable bonds is 3. The molecule has 1 aromatic carbocycles. The molecule has 0 saturated heterocycles. The lowest BCUT2D eigenvalue weighted by Gasteiger charge is -2.23. The van der Waals surface area contributed by atoms with Gasteiger partial charge in [0.2, 0.25) is 0 Å². The van der Waals surface area contributed by atoms with E-state index in [2.05, 4.69) is 20.8 Å². The quantitative estimate of drug-likeness (QED) is 0.936. The monoisotopic (exact) mass is 305 g/mol. The summed E-state index contributed by atoms with van der Waals surface area (Å²) in [6, 6.07) is 6.33. The van der Waals surface area contributed by atoms with Crippen LogP contribution in [0.15, 0.2) is 24.5 Å². The highest BCUT2D eigenvalue weighted by Crippen LogP contribution is 2.28. The summed E-state index contributed by atoms with van der Waals surface area (Å²) in [5.74, 6) is 0. The van der Waals surface area contributed by atoms with E-state index in [-0.39, 0.29) is 0 Å². The van der Waals surface area contributed by atoms with E-state index in [0.29, 0.717) is 6.04 Å². The SMILES string of the molecule is Clc1ccc(-n2cnnn2)cc1NC1CCCCCCC1. The molecule has 0 atom stereocenters. The molecule has 1 aliphatic carbocycles. The van der Waals surface area contributed by atoms with Crippen molar-refractivity contribution in [2.24, 2.45) is 0 Å². The Labute approximate surface area is 129 Å². The summed E-state index contributed by atoms with van der Waals surface area (Å²) >= 11 is 6.33. The molecular formula is C15H20ClN5. The van der Waals surface area contributed by atoms with Gasteiger partial charge in [-0.25, -0.2) is 4.68 Å². The van der Waals surface area contributed by atoms with Crippen LogP contribution in [-0.2, 0) is 0 Å². The average molecular weight is 306 g/mol. The molecule has 112 valence electrons. The minimum absolute atomic E-state index is 0.506.